The van der Waals surface area contributed by atoms with Crippen LogP contribution in [0.25, 0.3) is 0 Å². The predicted molar refractivity (Wildman–Crippen MR) is 70.2 cm³/mol. The van der Waals surface area contributed by atoms with Crippen LogP contribution in [0.15, 0.2) is 10.5 Å². The van der Waals surface area contributed by atoms with Crippen LogP contribution in [-0.4, -0.2) is 24.4 Å². The van der Waals surface area contributed by atoms with Gasteiger partial charge < -0.3 is 9.15 Å². The van der Waals surface area contributed by atoms with Gasteiger partial charge in [-0.2, -0.15) is 11.8 Å². The van der Waals surface area contributed by atoms with Gasteiger partial charge in [0.1, 0.15) is 11.5 Å². The van der Waals surface area contributed by atoms with E-state index in [1.807, 2.05) is 0 Å². The van der Waals surface area contributed by atoms with E-state index in [0.717, 1.165) is 36.7 Å². The molecule has 2 rings (SSSR count). The molecule has 1 atom stereocenters. The van der Waals surface area contributed by atoms with Crippen molar-refractivity contribution < 1.29 is 13.9 Å². The normalized spacial score (nSPS) is 19.1. The number of furan rings is 1. The zero-order valence-corrected chi connectivity index (χ0v) is 11.2. The molecule has 1 amide bonds. The number of nitrogen functional groups attached to an aromatic ring is 1. The first-order valence-electron chi connectivity index (χ1n) is 6.00. The highest BCUT2D eigenvalue weighted by Gasteiger charge is 2.17. The van der Waals surface area contributed by atoms with Crippen LogP contribution in [0.4, 0.5) is 0 Å². The summed E-state index contributed by atoms with van der Waals surface area (Å²) in [4.78, 5) is 11.4. The Hall–Kier alpha value is -0.980. The van der Waals surface area contributed by atoms with Gasteiger partial charge in [-0.3, -0.25) is 10.2 Å². The number of hydrogen-bond acceptors (Lipinski definition) is 5. The van der Waals surface area contributed by atoms with Crippen LogP contribution in [0, 0.1) is 6.92 Å². The smallest absolute Gasteiger partial charge is 0.268 e. The second-order valence-electron chi connectivity index (χ2n) is 4.31. The molecule has 100 valence electrons. The first-order valence-corrected chi connectivity index (χ1v) is 7.15. The summed E-state index contributed by atoms with van der Waals surface area (Å²) in [5, 5.41) is 0. The van der Waals surface area contributed by atoms with Gasteiger partial charge in [-0.1, -0.05) is 0 Å². The summed E-state index contributed by atoms with van der Waals surface area (Å²) in [5.41, 5.74) is 2.62. The SMILES string of the molecule is Cc1oc(CSCC2CCCO2)cc1C(=O)NN. The molecule has 6 heteroatoms. The summed E-state index contributed by atoms with van der Waals surface area (Å²) in [6.45, 7) is 2.64. The van der Waals surface area contributed by atoms with E-state index in [0.29, 0.717) is 17.4 Å². The highest BCUT2D eigenvalue weighted by Crippen LogP contribution is 2.23. The molecule has 1 aliphatic heterocycles. The molecule has 0 saturated carbocycles. The van der Waals surface area contributed by atoms with Gasteiger partial charge in [0.2, 0.25) is 0 Å². The number of thioether (sulfide) groups is 1. The molecule has 1 unspecified atom stereocenters. The van der Waals surface area contributed by atoms with Crippen LogP contribution in [0.5, 0.6) is 0 Å². The van der Waals surface area contributed by atoms with Gasteiger partial charge in [0.05, 0.1) is 17.4 Å². The molecule has 3 N–H and O–H groups in total. The molecule has 0 spiro atoms. The van der Waals surface area contributed by atoms with E-state index in [4.69, 9.17) is 15.0 Å². The van der Waals surface area contributed by atoms with Crippen molar-refractivity contribution in [3.63, 3.8) is 0 Å². The van der Waals surface area contributed by atoms with Crippen molar-refractivity contribution in [3.05, 3.63) is 23.2 Å². The maximum absolute atomic E-state index is 11.4. The quantitative estimate of drug-likeness (QED) is 0.483. The van der Waals surface area contributed by atoms with E-state index in [9.17, 15) is 4.79 Å². The molecule has 1 aliphatic rings. The van der Waals surface area contributed by atoms with Crippen LogP contribution in [0.3, 0.4) is 0 Å². The zero-order valence-electron chi connectivity index (χ0n) is 10.4. The number of rotatable bonds is 5. The molecule has 0 aromatic carbocycles. The molecule has 2 heterocycles. The van der Waals surface area contributed by atoms with Crippen molar-refractivity contribution in [2.75, 3.05) is 12.4 Å². The first-order chi connectivity index (χ1) is 8.70. The fourth-order valence-electron chi connectivity index (χ4n) is 1.98. The number of aryl methyl sites for hydroxylation is 1. The Kier molecular flexibility index (Phi) is 4.68. The number of hydrogen-bond donors (Lipinski definition) is 2. The monoisotopic (exact) mass is 270 g/mol. The van der Waals surface area contributed by atoms with Crippen molar-refractivity contribution in [1.29, 1.82) is 0 Å². The van der Waals surface area contributed by atoms with Gasteiger partial charge in [0.25, 0.3) is 5.91 Å². The highest BCUT2D eigenvalue weighted by molar-refractivity contribution is 7.98. The molecule has 1 aromatic heterocycles. The van der Waals surface area contributed by atoms with Crippen molar-refractivity contribution in [3.8, 4) is 0 Å². The number of hydrazine groups is 1. The maximum atomic E-state index is 11.4. The minimum absolute atomic E-state index is 0.313. The summed E-state index contributed by atoms with van der Waals surface area (Å²) in [6, 6.07) is 1.75. The van der Waals surface area contributed by atoms with E-state index in [2.05, 4.69) is 5.43 Å². The molecule has 1 saturated heterocycles. The molecular formula is C12H18N2O3S. The van der Waals surface area contributed by atoms with Gasteiger partial charge >= 0.3 is 0 Å². The van der Waals surface area contributed by atoms with Crippen LogP contribution >= 0.6 is 11.8 Å². The summed E-state index contributed by atoms with van der Waals surface area (Å²) >= 11 is 1.76. The lowest BCUT2D eigenvalue weighted by atomic mass is 10.2. The largest absolute Gasteiger partial charge is 0.465 e. The third-order valence-corrected chi connectivity index (χ3v) is 4.01. The Balaban J connectivity index is 1.83. The summed E-state index contributed by atoms with van der Waals surface area (Å²) in [6.07, 6.45) is 2.68. The molecule has 1 aromatic rings. The zero-order chi connectivity index (χ0) is 13.0. The van der Waals surface area contributed by atoms with Crippen LogP contribution in [0.2, 0.25) is 0 Å². The van der Waals surface area contributed by atoms with Gasteiger partial charge in [-0.15, -0.1) is 0 Å². The highest BCUT2D eigenvalue weighted by atomic mass is 32.2. The predicted octanol–water partition coefficient (Wildman–Crippen LogP) is 1.60. The Bertz CT molecular complexity index is 413. The molecule has 0 aliphatic carbocycles. The fourth-order valence-corrected chi connectivity index (χ4v) is 2.97. The lowest BCUT2D eigenvalue weighted by Gasteiger charge is -2.07. The number of carbonyl (C=O) groups excluding carboxylic acids is 1. The van der Waals surface area contributed by atoms with Crippen molar-refractivity contribution >= 4 is 17.7 Å². The summed E-state index contributed by atoms with van der Waals surface area (Å²) in [7, 11) is 0. The van der Waals surface area contributed by atoms with Crippen molar-refractivity contribution in [2.24, 2.45) is 5.84 Å². The van der Waals surface area contributed by atoms with Gasteiger partial charge in [0, 0.05) is 12.4 Å². The standard InChI is InChI=1S/C12H18N2O3S/c1-8-11(12(15)14-13)5-10(17-8)7-18-6-9-3-2-4-16-9/h5,9H,2-4,6-7,13H2,1H3,(H,14,15). The lowest BCUT2D eigenvalue weighted by molar-refractivity contribution is 0.0952. The van der Waals surface area contributed by atoms with E-state index in [1.165, 1.54) is 0 Å². The Morgan fingerprint density at radius 3 is 3.17 bits per heavy atom. The second kappa shape index (κ2) is 6.26. The number of carbonyl (C=O) groups is 1. The fraction of sp³-hybridized carbons (Fsp3) is 0.583. The third kappa shape index (κ3) is 3.28. The topological polar surface area (TPSA) is 77.5 Å². The molecule has 5 nitrogen and oxygen atoms in total. The average molecular weight is 270 g/mol. The minimum atomic E-state index is -0.313. The minimum Gasteiger partial charge on any atom is -0.465 e. The van der Waals surface area contributed by atoms with Gasteiger partial charge in [-0.25, -0.2) is 5.84 Å². The Labute approximate surface area is 110 Å². The number of amides is 1. The Morgan fingerprint density at radius 1 is 1.67 bits per heavy atom. The molecule has 0 radical (unpaired) electrons. The molecule has 1 fully saturated rings. The molecule has 18 heavy (non-hydrogen) atoms. The van der Waals surface area contributed by atoms with Gasteiger partial charge in [-0.05, 0) is 25.8 Å². The van der Waals surface area contributed by atoms with E-state index >= 15 is 0 Å². The van der Waals surface area contributed by atoms with E-state index < -0.39 is 0 Å². The summed E-state index contributed by atoms with van der Waals surface area (Å²) in [5.74, 6) is 7.91. The van der Waals surface area contributed by atoms with Crippen LogP contribution < -0.4 is 11.3 Å². The van der Waals surface area contributed by atoms with E-state index in [1.54, 1.807) is 24.8 Å². The van der Waals surface area contributed by atoms with Crippen molar-refractivity contribution in [2.45, 2.75) is 31.6 Å². The summed E-state index contributed by atoms with van der Waals surface area (Å²) < 4.78 is 11.1. The maximum Gasteiger partial charge on any atom is 0.268 e. The Morgan fingerprint density at radius 2 is 2.50 bits per heavy atom. The van der Waals surface area contributed by atoms with Crippen LogP contribution in [-0.2, 0) is 10.5 Å². The average Bonchev–Trinajstić information content (AvgIpc) is 2.98. The van der Waals surface area contributed by atoms with Gasteiger partial charge in [0.15, 0.2) is 0 Å². The van der Waals surface area contributed by atoms with Crippen molar-refractivity contribution in [1.82, 2.24) is 5.43 Å². The number of nitrogens with two attached hydrogens (primary N) is 1. The molecule has 0 bridgehead atoms. The third-order valence-electron chi connectivity index (χ3n) is 2.92. The number of nitrogens with one attached hydrogen (secondary N) is 1. The lowest BCUT2D eigenvalue weighted by Crippen LogP contribution is -2.30. The van der Waals surface area contributed by atoms with E-state index in [-0.39, 0.29) is 5.91 Å². The van der Waals surface area contributed by atoms with Crippen LogP contribution in [0.1, 0.15) is 34.7 Å². The molecular weight excluding hydrogens is 252 g/mol. The second-order valence-corrected chi connectivity index (χ2v) is 5.34. The first kappa shape index (κ1) is 13.5. The number of ether oxygens (including phenoxy) is 1.